The molecule has 9 heteroatoms. The molecule has 8 nitrogen and oxygen atoms in total. The lowest BCUT2D eigenvalue weighted by Gasteiger charge is -2.22. The van der Waals surface area contributed by atoms with Crippen molar-refractivity contribution in [2.24, 2.45) is 0 Å². The van der Waals surface area contributed by atoms with Crippen LogP contribution in [0.1, 0.15) is 6.92 Å². The minimum Gasteiger partial charge on any atom is -0.494 e. The molecule has 3 rings (SSSR count). The van der Waals surface area contributed by atoms with Gasteiger partial charge in [0.1, 0.15) is 12.3 Å². The van der Waals surface area contributed by atoms with Crippen LogP contribution in [-0.2, 0) is 14.8 Å². The van der Waals surface area contributed by atoms with Gasteiger partial charge in [-0.3, -0.25) is 9.10 Å². The largest absolute Gasteiger partial charge is 0.494 e. The van der Waals surface area contributed by atoms with Crippen molar-refractivity contribution in [3.8, 4) is 17.2 Å². The molecule has 0 aromatic heterocycles. The number of sulfonamides is 1. The van der Waals surface area contributed by atoms with Crippen molar-refractivity contribution in [2.75, 3.05) is 35.8 Å². The van der Waals surface area contributed by atoms with E-state index in [0.29, 0.717) is 35.2 Å². The Hall–Kier alpha value is -2.94. The lowest BCUT2D eigenvalue weighted by molar-refractivity contribution is -0.114. The quantitative estimate of drug-likeness (QED) is 0.777. The molecule has 0 saturated carbocycles. The summed E-state index contributed by atoms with van der Waals surface area (Å²) in [7, 11) is -3.69. The maximum Gasteiger partial charge on any atom is 0.245 e. The van der Waals surface area contributed by atoms with Gasteiger partial charge in [0.25, 0.3) is 0 Å². The van der Waals surface area contributed by atoms with E-state index in [1.165, 1.54) is 6.07 Å². The van der Waals surface area contributed by atoms with E-state index in [9.17, 15) is 13.2 Å². The molecule has 1 heterocycles. The molecule has 2 aromatic carbocycles. The Morgan fingerprint density at radius 1 is 1.19 bits per heavy atom. The number of hydrogen-bond acceptors (Lipinski definition) is 6. The van der Waals surface area contributed by atoms with E-state index in [-0.39, 0.29) is 13.3 Å². The highest BCUT2D eigenvalue weighted by atomic mass is 32.2. The number of carbonyl (C=O) groups is 1. The Morgan fingerprint density at radius 3 is 2.70 bits per heavy atom. The number of fused-ring (bicyclic) bond motifs is 1. The maximum absolute atomic E-state index is 12.4. The van der Waals surface area contributed by atoms with Gasteiger partial charge < -0.3 is 19.5 Å². The predicted molar refractivity (Wildman–Crippen MR) is 101 cm³/mol. The van der Waals surface area contributed by atoms with Gasteiger partial charge >= 0.3 is 0 Å². The monoisotopic (exact) mass is 392 g/mol. The fourth-order valence-corrected chi connectivity index (χ4v) is 3.45. The zero-order chi connectivity index (χ0) is 19.4. The third kappa shape index (κ3) is 4.62. The average molecular weight is 392 g/mol. The molecule has 0 radical (unpaired) electrons. The lowest BCUT2D eigenvalue weighted by Crippen LogP contribution is -2.37. The molecule has 0 saturated heterocycles. The summed E-state index contributed by atoms with van der Waals surface area (Å²) in [4.78, 5) is 12.4. The van der Waals surface area contributed by atoms with E-state index in [1.807, 2.05) is 6.92 Å². The molecule has 0 aliphatic carbocycles. The van der Waals surface area contributed by atoms with E-state index in [2.05, 4.69) is 5.32 Å². The van der Waals surface area contributed by atoms with Crippen molar-refractivity contribution in [1.29, 1.82) is 0 Å². The number of anilines is 2. The van der Waals surface area contributed by atoms with Gasteiger partial charge in [0.2, 0.25) is 22.7 Å². The second-order valence-corrected chi connectivity index (χ2v) is 7.72. The van der Waals surface area contributed by atoms with Gasteiger partial charge in [-0.15, -0.1) is 0 Å². The Kier molecular flexibility index (Phi) is 5.41. The number of ether oxygens (including phenoxy) is 3. The summed E-state index contributed by atoms with van der Waals surface area (Å²) >= 11 is 0. The van der Waals surface area contributed by atoms with Gasteiger partial charge in [-0.05, 0) is 31.2 Å². The highest BCUT2D eigenvalue weighted by Gasteiger charge is 2.23. The summed E-state index contributed by atoms with van der Waals surface area (Å²) in [6.07, 6.45) is 1.04. The SMILES string of the molecule is CCOc1cccc(NC(=O)CN(c2ccc3c(c2)OCO3)S(C)(=O)=O)c1. The van der Waals surface area contributed by atoms with Crippen molar-refractivity contribution in [3.63, 3.8) is 0 Å². The van der Waals surface area contributed by atoms with Gasteiger partial charge in [0.05, 0.1) is 18.6 Å². The molecule has 0 unspecified atom stereocenters. The first-order chi connectivity index (χ1) is 12.9. The number of carbonyl (C=O) groups excluding carboxylic acids is 1. The van der Waals surface area contributed by atoms with Crippen molar-refractivity contribution in [3.05, 3.63) is 42.5 Å². The molecule has 1 N–H and O–H groups in total. The average Bonchev–Trinajstić information content (AvgIpc) is 3.07. The van der Waals surface area contributed by atoms with Crippen LogP contribution in [0.5, 0.6) is 17.2 Å². The Labute approximate surface area is 157 Å². The minimum absolute atomic E-state index is 0.0777. The topological polar surface area (TPSA) is 94.2 Å². The number of nitrogens with one attached hydrogen (secondary N) is 1. The van der Waals surface area contributed by atoms with Crippen molar-refractivity contribution in [2.45, 2.75) is 6.92 Å². The highest BCUT2D eigenvalue weighted by molar-refractivity contribution is 7.92. The molecule has 0 spiro atoms. The molecule has 27 heavy (non-hydrogen) atoms. The molecule has 0 atom stereocenters. The second kappa shape index (κ2) is 7.75. The smallest absolute Gasteiger partial charge is 0.245 e. The van der Waals surface area contributed by atoms with Crippen LogP contribution in [0.4, 0.5) is 11.4 Å². The van der Waals surface area contributed by atoms with Crippen LogP contribution < -0.4 is 23.8 Å². The summed E-state index contributed by atoms with van der Waals surface area (Å²) in [5.74, 6) is 1.10. The summed E-state index contributed by atoms with van der Waals surface area (Å²) < 4.78 is 41.3. The van der Waals surface area contributed by atoms with Crippen LogP contribution >= 0.6 is 0 Å². The number of rotatable bonds is 7. The Morgan fingerprint density at radius 2 is 1.96 bits per heavy atom. The summed E-state index contributed by atoms with van der Waals surface area (Å²) in [6, 6.07) is 11.6. The van der Waals surface area contributed by atoms with E-state index in [4.69, 9.17) is 14.2 Å². The second-order valence-electron chi connectivity index (χ2n) is 5.82. The van der Waals surface area contributed by atoms with Crippen LogP contribution in [0.2, 0.25) is 0 Å². The van der Waals surface area contributed by atoms with Crippen LogP contribution in [0.15, 0.2) is 42.5 Å². The van der Waals surface area contributed by atoms with Gasteiger partial charge in [-0.25, -0.2) is 8.42 Å². The first-order valence-corrected chi connectivity index (χ1v) is 10.1. The third-order valence-corrected chi connectivity index (χ3v) is 4.90. The van der Waals surface area contributed by atoms with E-state index in [1.54, 1.807) is 36.4 Å². The summed E-state index contributed by atoms with van der Waals surface area (Å²) in [5.41, 5.74) is 0.838. The molecule has 0 bridgehead atoms. The fourth-order valence-electron chi connectivity index (χ4n) is 2.60. The number of amides is 1. The summed E-state index contributed by atoms with van der Waals surface area (Å²) in [5, 5.41) is 2.68. The van der Waals surface area contributed by atoms with Crippen LogP contribution in [-0.4, -0.2) is 40.5 Å². The molecule has 0 fully saturated rings. The molecule has 1 aliphatic rings. The number of benzene rings is 2. The van der Waals surface area contributed by atoms with Crippen molar-refractivity contribution >= 4 is 27.3 Å². The van der Waals surface area contributed by atoms with Gasteiger partial charge in [-0.1, -0.05) is 6.07 Å². The van der Waals surface area contributed by atoms with E-state index >= 15 is 0 Å². The molecule has 1 aliphatic heterocycles. The molecule has 1 amide bonds. The molecular weight excluding hydrogens is 372 g/mol. The number of nitrogens with zero attached hydrogens (tertiary/aromatic N) is 1. The molecular formula is C18H20N2O6S. The van der Waals surface area contributed by atoms with Crippen molar-refractivity contribution in [1.82, 2.24) is 0 Å². The Bertz CT molecular complexity index is 945. The van der Waals surface area contributed by atoms with E-state index in [0.717, 1.165) is 10.6 Å². The molecule has 144 valence electrons. The zero-order valence-electron chi connectivity index (χ0n) is 15.0. The zero-order valence-corrected chi connectivity index (χ0v) is 15.8. The van der Waals surface area contributed by atoms with E-state index < -0.39 is 15.9 Å². The Balaban J connectivity index is 1.77. The molecule has 2 aromatic rings. The lowest BCUT2D eigenvalue weighted by atomic mass is 10.2. The van der Waals surface area contributed by atoms with Gasteiger partial charge in [-0.2, -0.15) is 0 Å². The summed E-state index contributed by atoms with van der Waals surface area (Å²) in [6.45, 7) is 2.07. The predicted octanol–water partition coefficient (Wildman–Crippen LogP) is 2.22. The normalized spacial score (nSPS) is 12.5. The van der Waals surface area contributed by atoms with Gasteiger partial charge in [0, 0.05) is 17.8 Å². The third-order valence-electron chi connectivity index (χ3n) is 3.76. The van der Waals surface area contributed by atoms with Crippen LogP contribution in [0.25, 0.3) is 0 Å². The standard InChI is InChI=1S/C18H20N2O6S/c1-3-24-15-6-4-5-13(9-15)19-18(21)11-20(27(2,22)23)14-7-8-16-17(10-14)26-12-25-16/h4-10H,3,11-12H2,1-2H3,(H,19,21). The number of hydrogen-bond donors (Lipinski definition) is 1. The van der Waals surface area contributed by atoms with Gasteiger partial charge in [0.15, 0.2) is 11.5 Å². The van der Waals surface area contributed by atoms with Crippen LogP contribution in [0, 0.1) is 0 Å². The van der Waals surface area contributed by atoms with Crippen molar-refractivity contribution < 1.29 is 27.4 Å². The maximum atomic E-state index is 12.4. The van der Waals surface area contributed by atoms with Crippen LogP contribution in [0.3, 0.4) is 0 Å². The minimum atomic E-state index is -3.69. The highest BCUT2D eigenvalue weighted by Crippen LogP contribution is 2.36. The first-order valence-electron chi connectivity index (χ1n) is 8.27. The fraction of sp³-hybridized carbons (Fsp3) is 0.278. The first kappa shape index (κ1) is 18.8.